The molecule has 0 fully saturated rings. The summed E-state index contributed by atoms with van der Waals surface area (Å²) in [7, 11) is 0. The summed E-state index contributed by atoms with van der Waals surface area (Å²) in [6.45, 7) is 7.26. The number of allylic oxidation sites excluding steroid dienone is 3. The molecule has 0 aliphatic carbocycles. The first-order chi connectivity index (χ1) is 8.20. The van der Waals surface area contributed by atoms with Gasteiger partial charge in [-0.15, -0.1) is 0 Å². The van der Waals surface area contributed by atoms with E-state index in [0.717, 1.165) is 0 Å². The standard InChI is InChI=1S/C16H23N/c1-4-13(2)15-10-5-6-11-16(15)14(3)9-7-8-12-17/h5-11,13H,4,12,17H2,1-3H3/b8-7-,14-9+. The van der Waals surface area contributed by atoms with Gasteiger partial charge in [-0.2, -0.15) is 0 Å². The molecule has 92 valence electrons. The van der Waals surface area contributed by atoms with Crippen molar-refractivity contribution in [2.75, 3.05) is 6.54 Å². The van der Waals surface area contributed by atoms with E-state index in [4.69, 9.17) is 5.73 Å². The topological polar surface area (TPSA) is 26.0 Å². The summed E-state index contributed by atoms with van der Waals surface area (Å²) in [6.07, 6.45) is 7.30. The SMILES string of the molecule is CCC(C)c1ccccc1/C(C)=C/C=C\CN. The molecule has 2 N–H and O–H groups in total. The number of nitrogens with two attached hydrogens (primary N) is 1. The zero-order valence-electron chi connectivity index (χ0n) is 11.1. The van der Waals surface area contributed by atoms with Crippen LogP contribution in [0.3, 0.4) is 0 Å². The van der Waals surface area contributed by atoms with E-state index in [9.17, 15) is 0 Å². The molecule has 1 atom stereocenters. The highest BCUT2D eigenvalue weighted by molar-refractivity contribution is 5.68. The van der Waals surface area contributed by atoms with Gasteiger partial charge < -0.3 is 5.73 Å². The summed E-state index contributed by atoms with van der Waals surface area (Å²) in [5.41, 5.74) is 9.52. The maximum Gasteiger partial charge on any atom is 0.0109 e. The molecule has 0 aliphatic rings. The van der Waals surface area contributed by atoms with Crippen molar-refractivity contribution in [1.29, 1.82) is 0 Å². The predicted molar refractivity (Wildman–Crippen MR) is 77.0 cm³/mol. The molecular formula is C16H23N. The van der Waals surface area contributed by atoms with Crippen LogP contribution in [0.25, 0.3) is 5.57 Å². The van der Waals surface area contributed by atoms with E-state index >= 15 is 0 Å². The molecule has 1 aromatic rings. The third kappa shape index (κ3) is 3.86. The zero-order chi connectivity index (χ0) is 12.7. The highest BCUT2D eigenvalue weighted by atomic mass is 14.5. The van der Waals surface area contributed by atoms with Crippen LogP contribution in [-0.2, 0) is 0 Å². The predicted octanol–water partition coefficient (Wildman–Crippen LogP) is 4.12. The number of rotatable bonds is 5. The van der Waals surface area contributed by atoms with Crippen molar-refractivity contribution in [2.24, 2.45) is 5.73 Å². The summed E-state index contributed by atoms with van der Waals surface area (Å²) < 4.78 is 0. The molecule has 1 heteroatoms. The average molecular weight is 229 g/mol. The molecule has 0 heterocycles. The van der Waals surface area contributed by atoms with Gasteiger partial charge in [-0.1, -0.05) is 56.3 Å². The maximum atomic E-state index is 5.44. The lowest BCUT2D eigenvalue weighted by Crippen LogP contribution is -1.96. The van der Waals surface area contributed by atoms with Gasteiger partial charge in [0.05, 0.1) is 0 Å². The molecule has 0 spiro atoms. The molecule has 0 saturated heterocycles. The minimum absolute atomic E-state index is 0.594. The molecule has 0 radical (unpaired) electrons. The van der Waals surface area contributed by atoms with Crippen molar-refractivity contribution in [3.63, 3.8) is 0 Å². The molecule has 1 nitrogen and oxygen atoms in total. The third-order valence-corrected chi connectivity index (χ3v) is 3.15. The monoisotopic (exact) mass is 229 g/mol. The van der Waals surface area contributed by atoms with Crippen LogP contribution >= 0.6 is 0 Å². The van der Waals surface area contributed by atoms with Crippen LogP contribution in [0.4, 0.5) is 0 Å². The van der Waals surface area contributed by atoms with Crippen LogP contribution in [0.1, 0.15) is 44.2 Å². The van der Waals surface area contributed by atoms with E-state index in [-0.39, 0.29) is 0 Å². The number of benzene rings is 1. The van der Waals surface area contributed by atoms with Crippen LogP contribution < -0.4 is 5.73 Å². The fraction of sp³-hybridized carbons (Fsp3) is 0.375. The lowest BCUT2D eigenvalue weighted by molar-refractivity contribution is 0.731. The van der Waals surface area contributed by atoms with Gasteiger partial charge in [0.1, 0.15) is 0 Å². The quantitative estimate of drug-likeness (QED) is 0.755. The second kappa shape index (κ2) is 7.08. The Morgan fingerprint density at radius 2 is 2.06 bits per heavy atom. The van der Waals surface area contributed by atoms with E-state index in [1.54, 1.807) is 0 Å². The Labute approximate surface area is 105 Å². The molecule has 1 rings (SSSR count). The molecule has 0 aromatic heterocycles. The molecule has 0 aliphatic heterocycles. The Kier molecular flexibility index (Phi) is 5.71. The smallest absolute Gasteiger partial charge is 0.0109 e. The fourth-order valence-corrected chi connectivity index (χ4v) is 1.89. The second-order valence-electron chi connectivity index (χ2n) is 4.41. The lowest BCUT2D eigenvalue weighted by atomic mass is 9.90. The minimum atomic E-state index is 0.594. The minimum Gasteiger partial charge on any atom is -0.327 e. The van der Waals surface area contributed by atoms with Crippen LogP contribution in [0.15, 0.2) is 42.5 Å². The second-order valence-corrected chi connectivity index (χ2v) is 4.41. The van der Waals surface area contributed by atoms with Crippen LogP contribution in [0, 0.1) is 0 Å². The molecule has 1 aromatic carbocycles. The first kappa shape index (κ1) is 13.7. The summed E-state index contributed by atoms with van der Waals surface area (Å²) in [4.78, 5) is 0. The van der Waals surface area contributed by atoms with Crippen LogP contribution in [0.5, 0.6) is 0 Å². The molecule has 0 saturated carbocycles. The van der Waals surface area contributed by atoms with E-state index in [0.29, 0.717) is 12.5 Å². The van der Waals surface area contributed by atoms with Gasteiger partial charge >= 0.3 is 0 Å². The Balaban J connectivity index is 3.04. The van der Waals surface area contributed by atoms with Gasteiger partial charge in [0.25, 0.3) is 0 Å². The van der Waals surface area contributed by atoms with E-state index in [1.807, 2.05) is 12.2 Å². The number of hydrogen-bond acceptors (Lipinski definition) is 1. The maximum absolute atomic E-state index is 5.44. The van der Waals surface area contributed by atoms with Crippen LogP contribution in [-0.4, -0.2) is 6.54 Å². The summed E-state index contributed by atoms with van der Waals surface area (Å²) >= 11 is 0. The van der Waals surface area contributed by atoms with E-state index in [2.05, 4.69) is 51.1 Å². The van der Waals surface area contributed by atoms with Gasteiger partial charge in [0.2, 0.25) is 0 Å². The van der Waals surface area contributed by atoms with Gasteiger partial charge in [-0.25, -0.2) is 0 Å². The van der Waals surface area contributed by atoms with Crippen LogP contribution in [0.2, 0.25) is 0 Å². The molecular weight excluding hydrogens is 206 g/mol. The normalized spacial score (nSPS) is 14.2. The fourth-order valence-electron chi connectivity index (χ4n) is 1.89. The Hall–Kier alpha value is -1.34. The van der Waals surface area contributed by atoms with Crippen molar-refractivity contribution in [2.45, 2.75) is 33.1 Å². The molecule has 17 heavy (non-hydrogen) atoms. The van der Waals surface area contributed by atoms with Crippen molar-refractivity contribution in [3.8, 4) is 0 Å². The van der Waals surface area contributed by atoms with Crippen molar-refractivity contribution in [3.05, 3.63) is 53.6 Å². The highest BCUT2D eigenvalue weighted by Crippen LogP contribution is 2.27. The molecule has 0 bridgehead atoms. The average Bonchev–Trinajstić information content (AvgIpc) is 2.38. The van der Waals surface area contributed by atoms with Gasteiger partial charge in [-0.3, -0.25) is 0 Å². The van der Waals surface area contributed by atoms with E-state index in [1.165, 1.54) is 23.1 Å². The lowest BCUT2D eigenvalue weighted by Gasteiger charge is -2.15. The Morgan fingerprint density at radius 1 is 1.35 bits per heavy atom. The number of hydrogen-bond donors (Lipinski definition) is 1. The van der Waals surface area contributed by atoms with Gasteiger partial charge in [0, 0.05) is 6.54 Å². The highest BCUT2D eigenvalue weighted by Gasteiger charge is 2.08. The van der Waals surface area contributed by atoms with E-state index < -0.39 is 0 Å². The zero-order valence-corrected chi connectivity index (χ0v) is 11.1. The summed E-state index contributed by atoms with van der Waals surface area (Å²) in [5, 5.41) is 0. The molecule has 0 amide bonds. The van der Waals surface area contributed by atoms with Gasteiger partial charge in [0.15, 0.2) is 0 Å². The molecule has 1 unspecified atom stereocenters. The van der Waals surface area contributed by atoms with Crippen molar-refractivity contribution < 1.29 is 0 Å². The summed E-state index contributed by atoms with van der Waals surface area (Å²) in [5.74, 6) is 0.605. The van der Waals surface area contributed by atoms with Crippen molar-refractivity contribution >= 4 is 5.57 Å². The third-order valence-electron chi connectivity index (χ3n) is 3.15. The summed E-state index contributed by atoms with van der Waals surface area (Å²) in [6, 6.07) is 8.65. The van der Waals surface area contributed by atoms with Gasteiger partial charge in [-0.05, 0) is 36.0 Å². The van der Waals surface area contributed by atoms with Crippen molar-refractivity contribution in [1.82, 2.24) is 0 Å². The first-order valence-corrected chi connectivity index (χ1v) is 6.33. The Bertz CT molecular complexity index is 402. The first-order valence-electron chi connectivity index (χ1n) is 6.33. The Morgan fingerprint density at radius 3 is 2.71 bits per heavy atom. The largest absolute Gasteiger partial charge is 0.327 e.